The highest BCUT2D eigenvalue weighted by atomic mass is 35.5. The first-order valence-corrected chi connectivity index (χ1v) is 8.62. The van der Waals surface area contributed by atoms with Crippen molar-refractivity contribution >= 4 is 23.3 Å². The Kier molecular flexibility index (Phi) is 5.41. The van der Waals surface area contributed by atoms with Crippen LogP contribution in [0.2, 0.25) is 5.02 Å². The van der Waals surface area contributed by atoms with Gasteiger partial charge < -0.3 is 15.0 Å². The summed E-state index contributed by atoms with van der Waals surface area (Å²) in [5.74, 6) is 0.555. The topological polar surface area (TPSA) is 44.8 Å². The molecule has 23 heavy (non-hydrogen) atoms. The van der Waals surface area contributed by atoms with Crippen molar-refractivity contribution in [1.82, 2.24) is 9.80 Å². The summed E-state index contributed by atoms with van der Waals surface area (Å²) in [7, 11) is 0. The highest BCUT2D eigenvalue weighted by Crippen LogP contribution is 2.23. The number of hydrogen-bond acceptors (Lipinski definition) is 3. The summed E-state index contributed by atoms with van der Waals surface area (Å²) < 4.78 is 5.38. The second-order valence-corrected chi connectivity index (χ2v) is 6.84. The summed E-state index contributed by atoms with van der Waals surface area (Å²) in [4.78, 5) is 16.8. The number of hydrogen-bond donors (Lipinski definition) is 1. The molecule has 1 unspecified atom stereocenters. The zero-order valence-corrected chi connectivity index (χ0v) is 14.3. The van der Waals surface area contributed by atoms with Crippen molar-refractivity contribution in [3.63, 3.8) is 0 Å². The second kappa shape index (κ2) is 7.51. The number of benzene rings is 1. The molecule has 2 heterocycles. The second-order valence-electron chi connectivity index (χ2n) is 6.40. The van der Waals surface area contributed by atoms with Gasteiger partial charge in [-0.25, -0.2) is 4.79 Å². The molecule has 1 aromatic rings. The maximum atomic E-state index is 12.5. The van der Waals surface area contributed by atoms with Crippen LogP contribution >= 0.6 is 11.6 Å². The van der Waals surface area contributed by atoms with Crippen LogP contribution in [0.1, 0.15) is 12.0 Å². The number of halogens is 1. The Labute approximate surface area is 142 Å². The Hall–Kier alpha value is -1.30. The molecular weight excluding hydrogens is 314 g/mol. The lowest BCUT2D eigenvalue weighted by Crippen LogP contribution is -2.40. The Morgan fingerprint density at radius 1 is 1.35 bits per heavy atom. The van der Waals surface area contributed by atoms with Crippen molar-refractivity contribution in [1.29, 1.82) is 0 Å². The minimum atomic E-state index is -0.0279. The summed E-state index contributed by atoms with van der Waals surface area (Å²) in [5.41, 5.74) is 1.81. The van der Waals surface area contributed by atoms with Gasteiger partial charge in [0.2, 0.25) is 0 Å². The summed E-state index contributed by atoms with van der Waals surface area (Å²) >= 11 is 6.01. The van der Waals surface area contributed by atoms with Crippen molar-refractivity contribution in [3.8, 4) is 0 Å². The minimum absolute atomic E-state index is 0.0279. The van der Waals surface area contributed by atoms with Crippen LogP contribution in [0.3, 0.4) is 0 Å². The normalized spacial score (nSPS) is 22.3. The van der Waals surface area contributed by atoms with E-state index in [2.05, 4.69) is 10.2 Å². The van der Waals surface area contributed by atoms with Crippen LogP contribution in [-0.4, -0.2) is 61.8 Å². The molecule has 1 atom stereocenters. The molecule has 2 amide bonds. The van der Waals surface area contributed by atoms with Gasteiger partial charge in [0.25, 0.3) is 0 Å². The molecular formula is C17H24ClN3O2. The van der Waals surface area contributed by atoms with Gasteiger partial charge >= 0.3 is 6.03 Å². The third-order valence-corrected chi connectivity index (χ3v) is 4.87. The number of anilines is 1. The zero-order valence-electron chi connectivity index (χ0n) is 13.6. The molecule has 0 saturated carbocycles. The first-order chi connectivity index (χ1) is 11.1. The lowest BCUT2D eigenvalue weighted by atomic mass is 10.1. The van der Waals surface area contributed by atoms with Crippen LogP contribution in [0.25, 0.3) is 0 Å². The van der Waals surface area contributed by atoms with E-state index < -0.39 is 0 Å². The summed E-state index contributed by atoms with van der Waals surface area (Å²) in [6.45, 7) is 8.33. The monoisotopic (exact) mass is 337 g/mol. The standard InChI is InChI=1S/C17H24ClN3O2/c1-13-2-3-15(18)10-16(13)19-17(22)21-5-4-14(12-21)11-20-6-8-23-9-7-20/h2-3,10,14H,4-9,11-12H2,1H3,(H,19,22). The van der Waals surface area contributed by atoms with E-state index in [9.17, 15) is 4.79 Å². The van der Waals surface area contributed by atoms with Gasteiger partial charge in [0.1, 0.15) is 0 Å². The first kappa shape index (κ1) is 16.6. The maximum Gasteiger partial charge on any atom is 0.321 e. The number of urea groups is 1. The molecule has 1 N–H and O–H groups in total. The molecule has 0 spiro atoms. The fourth-order valence-corrected chi connectivity index (χ4v) is 3.41. The summed E-state index contributed by atoms with van der Waals surface area (Å²) in [6.07, 6.45) is 1.07. The molecule has 2 fully saturated rings. The summed E-state index contributed by atoms with van der Waals surface area (Å²) in [6, 6.07) is 5.53. The van der Waals surface area contributed by atoms with E-state index in [0.29, 0.717) is 10.9 Å². The van der Waals surface area contributed by atoms with Crippen LogP contribution in [0.15, 0.2) is 18.2 Å². The number of ether oxygens (including phenoxy) is 1. The molecule has 0 aliphatic carbocycles. The Morgan fingerprint density at radius 2 is 2.13 bits per heavy atom. The van der Waals surface area contributed by atoms with E-state index >= 15 is 0 Å². The number of rotatable bonds is 3. The lowest BCUT2D eigenvalue weighted by Gasteiger charge is -2.29. The molecule has 2 saturated heterocycles. The van der Waals surface area contributed by atoms with E-state index in [0.717, 1.165) is 63.6 Å². The van der Waals surface area contributed by atoms with Gasteiger partial charge in [0, 0.05) is 43.4 Å². The van der Waals surface area contributed by atoms with Gasteiger partial charge in [-0.1, -0.05) is 17.7 Å². The largest absolute Gasteiger partial charge is 0.379 e. The molecule has 5 nitrogen and oxygen atoms in total. The highest BCUT2D eigenvalue weighted by Gasteiger charge is 2.28. The number of carbonyl (C=O) groups excluding carboxylic acids is 1. The molecule has 1 aromatic carbocycles. The fourth-order valence-electron chi connectivity index (χ4n) is 3.24. The van der Waals surface area contributed by atoms with Crippen LogP contribution in [0.5, 0.6) is 0 Å². The van der Waals surface area contributed by atoms with Gasteiger partial charge in [-0.3, -0.25) is 4.90 Å². The van der Waals surface area contributed by atoms with Crippen LogP contribution in [-0.2, 0) is 4.74 Å². The van der Waals surface area contributed by atoms with Gasteiger partial charge in [-0.2, -0.15) is 0 Å². The number of morpholine rings is 1. The molecule has 3 rings (SSSR count). The minimum Gasteiger partial charge on any atom is -0.379 e. The Balaban J connectivity index is 1.51. The molecule has 6 heteroatoms. The molecule has 126 valence electrons. The van der Waals surface area contributed by atoms with Gasteiger partial charge in [0.15, 0.2) is 0 Å². The predicted octanol–water partition coefficient (Wildman–Crippen LogP) is 2.83. The third-order valence-electron chi connectivity index (χ3n) is 4.63. The van der Waals surface area contributed by atoms with Crippen molar-refractivity contribution < 1.29 is 9.53 Å². The number of nitrogens with zero attached hydrogens (tertiary/aromatic N) is 2. The number of carbonyl (C=O) groups is 1. The molecule has 0 radical (unpaired) electrons. The highest BCUT2D eigenvalue weighted by molar-refractivity contribution is 6.31. The fraction of sp³-hybridized carbons (Fsp3) is 0.588. The van der Waals surface area contributed by atoms with Crippen molar-refractivity contribution in [2.24, 2.45) is 5.92 Å². The van der Waals surface area contributed by atoms with Gasteiger partial charge in [0.05, 0.1) is 13.2 Å². The van der Waals surface area contributed by atoms with Gasteiger partial charge in [-0.15, -0.1) is 0 Å². The van der Waals surface area contributed by atoms with E-state index in [1.165, 1.54) is 0 Å². The average molecular weight is 338 g/mol. The quantitative estimate of drug-likeness (QED) is 0.922. The molecule has 0 aromatic heterocycles. The van der Waals surface area contributed by atoms with E-state index in [-0.39, 0.29) is 6.03 Å². The number of nitrogens with one attached hydrogen (secondary N) is 1. The molecule has 2 aliphatic rings. The van der Waals surface area contributed by atoms with Crippen molar-refractivity contribution in [2.45, 2.75) is 13.3 Å². The number of likely N-dealkylation sites (tertiary alicyclic amines) is 1. The zero-order chi connectivity index (χ0) is 16.2. The first-order valence-electron chi connectivity index (χ1n) is 8.24. The van der Waals surface area contributed by atoms with Gasteiger partial charge in [-0.05, 0) is 37.0 Å². The molecule has 2 aliphatic heterocycles. The van der Waals surface area contributed by atoms with E-state index in [1.54, 1.807) is 6.07 Å². The number of aryl methyl sites for hydroxylation is 1. The number of amides is 2. The van der Waals surface area contributed by atoms with Crippen LogP contribution in [0.4, 0.5) is 10.5 Å². The molecule has 0 bridgehead atoms. The smallest absolute Gasteiger partial charge is 0.321 e. The van der Waals surface area contributed by atoms with Crippen molar-refractivity contribution in [2.75, 3.05) is 51.3 Å². The van der Waals surface area contributed by atoms with Crippen molar-refractivity contribution in [3.05, 3.63) is 28.8 Å². The third kappa shape index (κ3) is 4.37. The van der Waals surface area contributed by atoms with E-state index in [4.69, 9.17) is 16.3 Å². The maximum absolute atomic E-state index is 12.5. The predicted molar refractivity (Wildman–Crippen MR) is 92.1 cm³/mol. The average Bonchev–Trinajstić information content (AvgIpc) is 3.00. The SMILES string of the molecule is Cc1ccc(Cl)cc1NC(=O)N1CCC(CN2CCOCC2)C1. The van der Waals surface area contributed by atoms with Crippen LogP contribution < -0.4 is 5.32 Å². The van der Waals surface area contributed by atoms with Crippen LogP contribution in [0, 0.1) is 12.8 Å². The Bertz CT molecular complexity index is 561. The Morgan fingerprint density at radius 3 is 2.91 bits per heavy atom. The lowest BCUT2D eigenvalue weighted by molar-refractivity contribution is 0.0314. The summed E-state index contributed by atoms with van der Waals surface area (Å²) in [5, 5.41) is 3.62. The van der Waals surface area contributed by atoms with E-state index in [1.807, 2.05) is 24.0 Å².